The predicted octanol–water partition coefficient (Wildman–Crippen LogP) is 2.09. The van der Waals surface area contributed by atoms with Crippen LogP contribution in [0.4, 0.5) is 0 Å². The number of hydrogen-bond donors (Lipinski definition) is 1. The third-order valence-electron chi connectivity index (χ3n) is 3.52. The summed E-state index contributed by atoms with van der Waals surface area (Å²) in [5, 5.41) is 3.61. The molecule has 0 saturated carbocycles. The quantitative estimate of drug-likeness (QED) is 0.834. The van der Waals surface area contributed by atoms with E-state index < -0.39 is 0 Å². The summed E-state index contributed by atoms with van der Waals surface area (Å²) < 4.78 is 5.69. The number of ether oxygens (including phenoxy) is 1. The van der Waals surface area contributed by atoms with Gasteiger partial charge in [-0.2, -0.15) is 0 Å². The van der Waals surface area contributed by atoms with E-state index in [2.05, 4.69) is 49.4 Å². The Kier molecular flexibility index (Phi) is 4.61. The second-order valence-electron chi connectivity index (χ2n) is 5.45. The molecule has 18 heavy (non-hydrogen) atoms. The van der Waals surface area contributed by atoms with Crippen molar-refractivity contribution in [3.63, 3.8) is 0 Å². The summed E-state index contributed by atoms with van der Waals surface area (Å²) >= 11 is 0. The number of nitrogens with one attached hydrogen (secondary N) is 1. The van der Waals surface area contributed by atoms with Crippen LogP contribution in [0.1, 0.15) is 24.8 Å². The van der Waals surface area contributed by atoms with Crippen molar-refractivity contribution in [1.29, 1.82) is 0 Å². The largest absolute Gasteiger partial charge is 0.493 e. The number of benzene rings is 1. The van der Waals surface area contributed by atoms with Crippen molar-refractivity contribution in [3.05, 3.63) is 29.8 Å². The molecule has 1 N–H and O–H groups in total. The van der Waals surface area contributed by atoms with E-state index in [1.165, 1.54) is 12.0 Å². The molecule has 2 unspecified atom stereocenters. The number of fused-ring (bicyclic) bond motifs is 1. The van der Waals surface area contributed by atoms with Crippen molar-refractivity contribution in [2.75, 3.05) is 33.8 Å². The predicted molar refractivity (Wildman–Crippen MR) is 75.3 cm³/mol. The third kappa shape index (κ3) is 3.47. The van der Waals surface area contributed by atoms with Gasteiger partial charge in [-0.3, -0.25) is 0 Å². The SMILES string of the molecule is CC(CCN(C)C)NCC1COc2ccccc21. The highest BCUT2D eigenvalue weighted by Gasteiger charge is 2.23. The molecule has 3 heteroatoms. The molecule has 0 aliphatic carbocycles. The Hall–Kier alpha value is -1.06. The molecule has 0 fully saturated rings. The van der Waals surface area contributed by atoms with E-state index in [0.717, 1.165) is 25.4 Å². The van der Waals surface area contributed by atoms with Gasteiger partial charge in [0.15, 0.2) is 0 Å². The average molecular weight is 248 g/mol. The minimum atomic E-state index is 0.503. The van der Waals surface area contributed by atoms with Crippen molar-refractivity contribution in [2.24, 2.45) is 0 Å². The van der Waals surface area contributed by atoms with Crippen molar-refractivity contribution >= 4 is 0 Å². The van der Waals surface area contributed by atoms with Crippen molar-refractivity contribution in [3.8, 4) is 5.75 Å². The van der Waals surface area contributed by atoms with E-state index in [4.69, 9.17) is 4.74 Å². The van der Waals surface area contributed by atoms with Gasteiger partial charge >= 0.3 is 0 Å². The first-order valence-corrected chi connectivity index (χ1v) is 6.76. The van der Waals surface area contributed by atoms with Gasteiger partial charge in [0.1, 0.15) is 5.75 Å². The number of nitrogens with zero attached hydrogens (tertiary/aromatic N) is 1. The van der Waals surface area contributed by atoms with E-state index in [9.17, 15) is 0 Å². The van der Waals surface area contributed by atoms with Gasteiger partial charge in [-0.25, -0.2) is 0 Å². The summed E-state index contributed by atoms with van der Waals surface area (Å²) in [6, 6.07) is 8.93. The molecule has 0 aromatic heterocycles. The lowest BCUT2D eigenvalue weighted by Crippen LogP contribution is -2.33. The monoisotopic (exact) mass is 248 g/mol. The molecule has 1 aliphatic rings. The zero-order valence-corrected chi connectivity index (χ0v) is 11.6. The Morgan fingerprint density at radius 1 is 1.39 bits per heavy atom. The summed E-state index contributed by atoms with van der Waals surface area (Å²) in [7, 11) is 4.24. The van der Waals surface area contributed by atoms with Gasteiger partial charge in [0, 0.05) is 24.1 Å². The van der Waals surface area contributed by atoms with Crippen molar-refractivity contribution < 1.29 is 4.74 Å². The molecule has 0 radical (unpaired) electrons. The fourth-order valence-electron chi connectivity index (χ4n) is 2.30. The summed E-state index contributed by atoms with van der Waals surface area (Å²) in [5.41, 5.74) is 1.35. The van der Waals surface area contributed by atoms with Gasteiger partial charge in [0.25, 0.3) is 0 Å². The summed E-state index contributed by atoms with van der Waals surface area (Å²) in [4.78, 5) is 2.23. The van der Waals surface area contributed by atoms with Crippen molar-refractivity contribution in [2.45, 2.75) is 25.3 Å². The average Bonchev–Trinajstić information content (AvgIpc) is 2.77. The second-order valence-corrected chi connectivity index (χ2v) is 5.45. The Labute approximate surface area is 110 Å². The lowest BCUT2D eigenvalue weighted by atomic mass is 10.0. The topological polar surface area (TPSA) is 24.5 Å². The van der Waals surface area contributed by atoms with Crippen LogP contribution in [0.3, 0.4) is 0 Å². The Bertz CT molecular complexity index is 379. The molecule has 0 saturated heterocycles. The molecular weight excluding hydrogens is 224 g/mol. The van der Waals surface area contributed by atoms with Crippen molar-refractivity contribution in [1.82, 2.24) is 10.2 Å². The highest BCUT2D eigenvalue weighted by Crippen LogP contribution is 2.32. The van der Waals surface area contributed by atoms with Gasteiger partial charge in [0.2, 0.25) is 0 Å². The summed E-state index contributed by atoms with van der Waals surface area (Å²) in [5.74, 6) is 1.56. The van der Waals surface area contributed by atoms with E-state index in [1.807, 2.05) is 6.07 Å². The molecule has 1 aromatic rings. The van der Waals surface area contributed by atoms with Gasteiger partial charge in [-0.1, -0.05) is 18.2 Å². The van der Waals surface area contributed by atoms with Crippen LogP contribution in [0, 0.1) is 0 Å². The van der Waals surface area contributed by atoms with Gasteiger partial charge in [-0.05, 0) is 40.1 Å². The van der Waals surface area contributed by atoms with E-state index in [-0.39, 0.29) is 0 Å². The van der Waals surface area contributed by atoms with Crippen LogP contribution in [0.25, 0.3) is 0 Å². The van der Waals surface area contributed by atoms with Gasteiger partial charge < -0.3 is 15.0 Å². The van der Waals surface area contributed by atoms with Crippen LogP contribution < -0.4 is 10.1 Å². The minimum Gasteiger partial charge on any atom is -0.493 e. The number of para-hydroxylation sites is 1. The van der Waals surface area contributed by atoms with Crippen LogP contribution >= 0.6 is 0 Å². The van der Waals surface area contributed by atoms with Crippen LogP contribution in [0.2, 0.25) is 0 Å². The zero-order chi connectivity index (χ0) is 13.0. The fourth-order valence-corrected chi connectivity index (χ4v) is 2.30. The lowest BCUT2D eigenvalue weighted by Gasteiger charge is -2.18. The van der Waals surface area contributed by atoms with Crippen LogP contribution in [-0.4, -0.2) is 44.7 Å². The Morgan fingerprint density at radius 3 is 2.94 bits per heavy atom. The van der Waals surface area contributed by atoms with E-state index >= 15 is 0 Å². The molecule has 2 atom stereocenters. The first-order chi connectivity index (χ1) is 8.66. The number of rotatable bonds is 6. The molecule has 1 heterocycles. The van der Waals surface area contributed by atoms with E-state index in [0.29, 0.717) is 12.0 Å². The number of hydrogen-bond acceptors (Lipinski definition) is 3. The highest BCUT2D eigenvalue weighted by atomic mass is 16.5. The summed E-state index contributed by atoms with van der Waals surface area (Å²) in [6.45, 7) is 5.20. The van der Waals surface area contributed by atoms with Crippen LogP contribution in [0.5, 0.6) is 5.75 Å². The first-order valence-electron chi connectivity index (χ1n) is 6.76. The van der Waals surface area contributed by atoms with Crippen LogP contribution in [0.15, 0.2) is 24.3 Å². The smallest absolute Gasteiger partial charge is 0.122 e. The maximum Gasteiger partial charge on any atom is 0.122 e. The highest BCUT2D eigenvalue weighted by molar-refractivity contribution is 5.39. The molecule has 1 aromatic carbocycles. The van der Waals surface area contributed by atoms with Gasteiger partial charge in [-0.15, -0.1) is 0 Å². The second kappa shape index (κ2) is 6.21. The Balaban J connectivity index is 1.78. The van der Waals surface area contributed by atoms with E-state index in [1.54, 1.807) is 0 Å². The standard InChI is InChI=1S/C15H24N2O/c1-12(8-9-17(2)3)16-10-13-11-18-15-7-5-4-6-14(13)15/h4-7,12-13,16H,8-11H2,1-3H3. The normalized spacial score (nSPS) is 19.7. The minimum absolute atomic E-state index is 0.503. The first kappa shape index (κ1) is 13.4. The molecule has 0 spiro atoms. The van der Waals surface area contributed by atoms with Crippen LogP contribution in [-0.2, 0) is 0 Å². The molecule has 3 nitrogen and oxygen atoms in total. The molecule has 1 aliphatic heterocycles. The van der Waals surface area contributed by atoms with Gasteiger partial charge in [0.05, 0.1) is 6.61 Å². The maximum atomic E-state index is 5.69. The molecular formula is C15H24N2O. The molecule has 0 bridgehead atoms. The summed E-state index contributed by atoms with van der Waals surface area (Å²) in [6.07, 6.45) is 1.18. The fraction of sp³-hybridized carbons (Fsp3) is 0.600. The molecule has 2 rings (SSSR count). The molecule has 0 amide bonds. The Morgan fingerprint density at radius 2 is 2.17 bits per heavy atom. The molecule has 100 valence electrons. The zero-order valence-electron chi connectivity index (χ0n) is 11.6. The maximum absolute atomic E-state index is 5.69. The lowest BCUT2D eigenvalue weighted by molar-refractivity contribution is 0.316. The third-order valence-corrected chi connectivity index (χ3v) is 3.52.